The zero-order valence-electron chi connectivity index (χ0n) is 9.85. The zero-order valence-corrected chi connectivity index (χ0v) is 10.6. The molecule has 17 heavy (non-hydrogen) atoms. The third-order valence-electron chi connectivity index (χ3n) is 2.02. The summed E-state index contributed by atoms with van der Waals surface area (Å²) in [6.45, 7) is 2.03. The number of aliphatic hydroxyl groups excluding tert-OH is 1. The fourth-order valence-corrected chi connectivity index (χ4v) is 1.53. The Morgan fingerprint density at radius 3 is 2.12 bits per heavy atom. The Bertz CT molecular complexity index is 426. The molecule has 1 N–H and O–H groups in total. The summed E-state index contributed by atoms with van der Waals surface area (Å²) < 4.78 is 5.66. The highest BCUT2D eigenvalue weighted by Crippen LogP contribution is 2.24. The van der Waals surface area contributed by atoms with Gasteiger partial charge in [0.25, 0.3) is 0 Å². The molecule has 0 aliphatic heterocycles. The predicted molar refractivity (Wildman–Crippen MR) is 70.8 cm³/mol. The Labute approximate surface area is 106 Å². The number of rotatable bonds is 2. The molecule has 0 radical (unpaired) electrons. The van der Waals surface area contributed by atoms with E-state index in [1.54, 1.807) is 6.07 Å². The van der Waals surface area contributed by atoms with E-state index in [-0.39, 0.29) is 0 Å². The van der Waals surface area contributed by atoms with Gasteiger partial charge in [0.1, 0.15) is 11.5 Å². The van der Waals surface area contributed by atoms with E-state index >= 15 is 0 Å². The first-order valence-corrected chi connectivity index (χ1v) is 5.57. The summed E-state index contributed by atoms with van der Waals surface area (Å²) in [7, 11) is 1.00. The average Bonchev–Trinajstić information content (AvgIpc) is 2.31. The number of aryl methyl sites for hydroxylation is 1. The van der Waals surface area contributed by atoms with Crippen molar-refractivity contribution in [1.29, 1.82) is 0 Å². The summed E-state index contributed by atoms with van der Waals surface area (Å²) in [6, 6.07) is 15.3. The molecular formula is C14H15ClO2. The van der Waals surface area contributed by atoms with Gasteiger partial charge < -0.3 is 9.84 Å². The molecular weight excluding hydrogens is 236 g/mol. The third-order valence-corrected chi connectivity index (χ3v) is 2.26. The largest absolute Gasteiger partial charge is 0.457 e. The van der Waals surface area contributed by atoms with Crippen LogP contribution in [0.5, 0.6) is 11.5 Å². The van der Waals surface area contributed by atoms with Gasteiger partial charge in [0, 0.05) is 12.1 Å². The van der Waals surface area contributed by atoms with E-state index in [1.807, 2.05) is 49.4 Å². The summed E-state index contributed by atoms with van der Waals surface area (Å²) in [5.41, 5.74) is 1.18. The summed E-state index contributed by atoms with van der Waals surface area (Å²) in [6.07, 6.45) is 0. The second-order valence-electron chi connectivity index (χ2n) is 3.38. The Balaban J connectivity index is 0.000000686. The predicted octanol–water partition coefficient (Wildman–Crippen LogP) is 4.05. The van der Waals surface area contributed by atoms with Crippen LogP contribution < -0.4 is 4.74 Å². The molecule has 0 spiro atoms. The Morgan fingerprint density at radius 1 is 0.941 bits per heavy atom. The van der Waals surface area contributed by atoms with Crippen LogP contribution in [-0.4, -0.2) is 12.2 Å². The van der Waals surface area contributed by atoms with Crippen molar-refractivity contribution < 1.29 is 9.84 Å². The van der Waals surface area contributed by atoms with Gasteiger partial charge in [0.05, 0.1) is 0 Å². The molecule has 0 fully saturated rings. The highest BCUT2D eigenvalue weighted by molar-refractivity contribution is 6.30. The molecule has 2 rings (SSSR count). The standard InChI is InChI=1S/C13H11ClO.CH4O/c1-10-4-2-6-12(8-10)15-13-7-3-5-11(14)9-13;1-2/h2-9H,1H3;2H,1H3. The second kappa shape index (κ2) is 6.94. The average molecular weight is 251 g/mol. The lowest BCUT2D eigenvalue weighted by molar-refractivity contribution is 0.399. The van der Waals surface area contributed by atoms with E-state index < -0.39 is 0 Å². The summed E-state index contributed by atoms with van der Waals surface area (Å²) >= 11 is 5.86. The zero-order chi connectivity index (χ0) is 12.7. The van der Waals surface area contributed by atoms with Gasteiger partial charge in [-0.25, -0.2) is 0 Å². The number of ether oxygens (including phenoxy) is 1. The first kappa shape index (κ1) is 13.6. The van der Waals surface area contributed by atoms with E-state index in [1.165, 1.54) is 5.56 Å². The second-order valence-corrected chi connectivity index (χ2v) is 3.81. The van der Waals surface area contributed by atoms with Gasteiger partial charge in [-0.3, -0.25) is 0 Å². The fourth-order valence-electron chi connectivity index (χ4n) is 1.35. The van der Waals surface area contributed by atoms with Gasteiger partial charge in [-0.1, -0.05) is 29.8 Å². The minimum atomic E-state index is 0.681. The van der Waals surface area contributed by atoms with Crippen LogP contribution in [0.25, 0.3) is 0 Å². The van der Waals surface area contributed by atoms with Gasteiger partial charge >= 0.3 is 0 Å². The van der Waals surface area contributed by atoms with Crippen molar-refractivity contribution in [2.45, 2.75) is 6.92 Å². The number of hydrogen-bond acceptors (Lipinski definition) is 2. The van der Waals surface area contributed by atoms with E-state index in [0.29, 0.717) is 5.02 Å². The first-order chi connectivity index (χ1) is 8.24. The summed E-state index contributed by atoms with van der Waals surface area (Å²) in [4.78, 5) is 0. The number of hydrogen-bond donors (Lipinski definition) is 1. The molecule has 0 saturated carbocycles. The fraction of sp³-hybridized carbons (Fsp3) is 0.143. The molecule has 0 aliphatic rings. The molecule has 0 aromatic heterocycles. The lowest BCUT2D eigenvalue weighted by Crippen LogP contribution is -1.84. The lowest BCUT2D eigenvalue weighted by atomic mass is 10.2. The van der Waals surface area contributed by atoms with Gasteiger partial charge in [-0.15, -0.1) is 0 Å². The van der Waals surface area contributed by atoms with E-state index in [2.05, 4.69) is 0 Å². The maximum absolute atomic E-state index is 7.00. The van der Waals surface area contributed by atoms with Crippen molar-refractivity contribution in [2.75, 3.05) is 7.11 Å². The van der Waals surface area contributed by atoms with Crippen LogP contribution >= 0.6 is 11.6 Å². The Hall–Kier alpha value is -1.51. The molecule has 0 amide bonds. The van der Waals surface area contributed by atoms with Crippen molar-refractivity contribution >= 4 is 11.6 Å². The third kappa shape index (κ3) is 4.47. The maximum atomic E-state index is 7.00. The van der Waals surface area contributed by atoms with Gasteiger partial charge in [-0.05, 0) is 42.8 Å². The first-order valence-electron chi connectivity index (χ1n) is 5.19. The molecule has 3 heteroatoms. The van der Waals surface area contributed by atoms with Gasteiger partial charge in [0.2, 0.25) is 0 Å². The van der Waals surface area contributed by atoms with Gasteiger partial charge in [0.15, 0.2) is 0 Å². The van der Waals surface area contributed by atoms with E-state index in [9.17, 15) is 0 Å². The molecule has 0 saturated heterocycles. The molecule has 2 aromatic rings. The Kier molecular flexibility index (Phi) is 5.53. The van der Waals surface area contributed by atoms with Crippen molar-refractivity contribution in [3.05, 3.63) is 59.1 Å². The number of benzene rings is 2. The SMILES string of the molecule is CO.Cc1cccc(Oc2cccc(Cl)c2)c1. The summed E-state index contributed by atoms with van der Waals surface area (Å²) in [5, 5.41) is 7.68. The van der Waals surface area contributed by atoms with E-state index in [0.717, 1.165) is 18.6 Å². The van der Waals surface area contributed by atoms with Crippen LogP contribution in [0, 0.1) is 6.92 Å². The summed E-state index contributed by atoms with van der Waals surface area (Å²) in [5.74, 6) is 1.59. The Morgan fingerprint density at radius 2 is 1.53 bits per heavy atom. The van der Waals surface area contributed by atoms with Crippen LogP contribution in [0.1, 0.15) is 5.56 Å². The van der Waals surface area contributed by atoms with Crippen molar-refractivity contribution in [3.63, 3.8) is 0 Å². The molecule has 0 bridgehead atoms. The molecule has 0 aliphatic carbocycles. The maximum Gasteiger partial charge on any atom is 0.128 e. The van der Waals surface area contributed by atoms with Crippen LogP contribution in [0.2, 0.25) is 5.02 Å². The topological polar surface area (TPSA) is 29.5 Å². The van der Waals surface area contributed by atoms with E-state index in [4.69, 9.17) is 21.4 Å². The monoisotopic (exact) mass is 250 g/mol. The van der Waals surface area contributed by atoms with Crippen LogP contribution in [0.4, 0.5) is 0 Å². The normalized spacial score (nSPS) is 9.18. The van der Waals surface area contributed by atoms with Crippen LogP contribution in [0.15, 0.2) is 48.5 Å². The minimum Gasteiger partial charge on any atom is -0.457 e. The van der Waals surface area contributed by atoms with Crippen LogP contribution in [-0.2, 0) is 0 Å². The number of halogens is 1. The smallest absolute Gasteiger partial charge is 0.128 e. The van der Waals surface area contributed by atoms with Crippen molar-refractivity contribution in [3.8, 4) is 11.5 Å². The molecule has 0 atom stereocenters. The molecule has 0 unspecified atom stereocenters. The van der Waals surface area contributed by atoms with Crippen molar-refractivity contribution in [2.24, 2.45) is 0 Å². The molecule has 90 valence electrons. The van der Waals surface area contributed by atoms with Crippen molar-refractivity contribution in [1.82, 2.24) is 0 Å². The highest BCUT2D eigenvalue weighted by atomic mass is 35.5. The number of aliphatic hydroxyl groups is 1. The quantitative estimate of drug-likeness (QED) is 0.871. The lowest BCUT2D eigenvalue weighted by Gasteiger charge is -2.06. The molecule has 2 aromatic carbocycles. The molecule has 2 nitrogen and oxygen atoms in total. The van der Waals surface area contributed by atoms with Crippen LogP contribution in [0.3, 0.4) is 0 Å². The molecule has 0 heterocycles. The highest BCUT2D eigenvalue weighted by Gasteiger charge is 1.97. The van der Waals surface area contributed by atoms with Gasteiger partial charge in [-0.2, -0.15) is 0 Å². The minimum absolute atomic E-state index is 0.681.